The topological polar surface area (TPSA) is 50.1 Å². The zero-order chi connectivity index (χ0) is 16.1. The molecular formula is C18H14FNO2. The number of nitrogens with zero attached hydrogens (tertiary/aromatic N) is 1. The molecule has 0 amide bonds. The first kappa shape index (κ1) is 15.5. The Morgan fingerprint density at radius 1 is 1.27 bits per heavy atom. The molecule has 2 aromatic rings. The number of aryl methyl sites for hydroxylation is 1. The molecule has 0 aromatic heterocycles. The minimum atomic E-state index is -0.577. The van der Waals surface area contributed by atoms with Gasteiger partial charge in [-0.2, -0.15) is 5.26 Å². The molecule has 0 saturated carbocycles. The summed E-state index contributed by atoms with van der Waals surface area (Å²) >= 11 is 0. The van der Waals surface area contributed by atoms with Crippen molar-refractivity contribution in [2.75, 3.05) is 7.11 Å². The summed E-state index contributed by atoms with van der Waals surface area (Å²) < 4.78 is 18.4. The SMILES string of the molecule is COc1ccc(C)cc1C(=O)C=Cc1ccc(F)c(C#N)c1. The molecule has 110 valence electrons. The summed E-state index contributed by atoms with van der Waals surface area (Å²) in [5, 5.41) is 8.80. The van der Waals surface area contributed by atoms with Crippen molar-refractivity contribution in [3.63, 3.8) is 0 Å². The molecule has 0 spiro atoms. The third kappa shape index (κ3) is 3.39. The number of methoxy groups -OCH3 is 1. The van der Waals surface area contributed by atoms with E-state index in [2.05, 4.69) is 0 Å². The van der Waals surface area contributed by atoms with E-state index < -0.39 is 5.82 Å². The van der Waals surface area contributed by atoms with Gasteiger partial charge in [0.25, 0.3) is 0 Å². The highest BCUT2D eigenvalue weighted by Crippen LogP contribution is 2.21. The third-order valence-corrected chi connectivity index (χ3v) is 3.16. The summed E-state index contributed by atoms with van der Waals surface area (Å²) in [6.45, 7) is 1.89. The summed E-state index contributed by atoms with van der Waals surface area (Å²) in [7, 11) is 1.50. The first-order chi connectivity index (χ1) is 10.5. The quantitative estimate of drug-likeness (QED) is 0.634. The lowest BCUT2D eigenvalue weighted by molar-refractivity contribution is 0.104. The molecule has 4 heteroatoms. The first-order valence-corrected chi connectivity index (χ1v) is 6.62. The van der Waals surface area contributed by atoms with E-state index in [4.69, 9.17) is 10.00 Å². The smallest absolute Gasteiger partial charge is 0.189 e. The number of hydrogen-bond acceptors (Lipinski definition) is 3. The summed E-state index contributed by atoms with van der Waals surface area (Å²) in [5.74, 6) is -0.299. The van der Waals surface area contributed by atoms with Gasteiger partial charge in [0, 0.05) is 0 Å². The van der Waals surface area contributed by atoms with Crippen molar-refractivity contribution in [3.05, 3.63) is 70.5 Å². The minimum Gasteiger partial charge on any atom is -0.496 e. The molecule has 0 saturated heterocycles. The number of ether oxygens (including phenoxy) is 1. The van der Waals surface area contributed by atoms with Crippen LogP contribution in [0.4, 0.5) is 4.39 Å². The van der Waals surface area contributed by atoms with Crippen LogP contribution in [0.2, 0.25) is 0 Å². The first-order valence-electron chi connectivity index (χ1n) is 6.62. The molecule has 22 heavy (non-hydrogen) atoms. The molecule has 2 aromatic carbocycles. The van der Waals surface area contributed by atoms with Crippen LogP contribution in [0.1, 0.15) is 27.0 Å². The number of rotatable bonds is 4. The number of carbonyl (C=O) groups is 1. The largest absolute Gasteiger partial charge is 0.496 e. The van der Waals surface area contributed by atoms with Crippen LogP contribution < -0.4 is 4.74 Å². The maximum Gasteiger partial charge on any atom is 0.189 e. The maximum absolute atomic E-state index is 13.2. The van der Waals surface area contributed by atoms with Crippen molar-refractivity contribution < 1.29 is 13.9 Å². The Kier molecular flexibility index (Phi) is 4.70. The van der Waals surface area contributed by atoms with Crippen molar-refractivity contribution in [2.45, 2.75) is 6.92 Å². The van der Waals surface area contributed by atoms with Crippen LogP contribution in [0.5, 0.6) is 5.75 Å². The molecule has 0 fully saturated rings. The predicted octanol–water partition coefficient (Wildman–Crippen LogP) is 3.91. The zero-order valence-corrected chi connectivity index (χ0v) is 12.3. The Balaban J connectivity index is 2.29. The van der Waals surface area contributed by atoms with Crippen LogP contribution in [-0.2, 0) is 0 Å². The van der Waals surface area contributed by atoms with E-state index in [1.165, 1.54) is 31.4 Å². The standard InChI is InChI=1S/C18H14FNO2/c1-12-3-8-18(22-2)15(9-12)17(21)7-5-13-4-6-16(19)14(10-13)11-20/h3-10H,1-2H3. The molecule has 0 unspecified atom stereocenters. The van der Waals surface area contributed by atoms with Crippen molar-refractivity contribution in [2.24, 2.45) is 0 Å². The second kappa shape index (κ2) is 6.68. The van der Waals surface area contributed by atoms with Gasteiger partial charge in [-0.3, -0.25) is 4.79 Å². The molecule has 0 N–H and O–H groups in total. The second-order valence-electron chi connectivity index (χ2n) is 4.75. The number of hydrogen-bond donors (Lipinski definition) is 0. The summed E-state index contributed by atoms with van der Waals surface area (Å²) in [6.07, 6.45) is 2.93. The van der Waals surface area contributed by atoms with Gasteiger partial charge in [-0.25, -0.2) is 4.39 Å². The van der Waals surface area contributed by atoms with Crippen LogP contribution in [0.25, 0.3) is 6.08 Å². The molecule has 2 rings (SSSR count). The number of halogens is 1. The Morgan fingerprint density at radius 2 is 2.05 bits per heavy atom. The van der Waals surface area contributed by atoms with Gasteiger partial charge >= 0.3 is 0 Å². The van der Waals surface area contributed by atoms with Crippen LogP contribution in [0.15, 0.2) is 42.5 Å². The molecule has 0 aliphatic heterocycles. The second-order valence-corrected chi connectivity index (χ2v) is 4.75. The van der Waals surface area contributed by atoms with Crippen molar-refractivity contribution in [1.82, 2.24) is 0 Å². The van der Waals surface area contributed by atoms with E-state index in [-0.39, 0.29) is 11.3 Å². The lowest BCUT2D eigenvalue weighted by Gasteiger charge is -2.06. The molecule has 0 heterocycles. The molecule has 0 radical (unpaired) electrons. The van der Waals surface area contributed by atoms with Gasteiger partial charge in [-0.1, -0.05) is 23.8 Å². The number of benzene rings is 2. The fourth-order valence-corrected chi connectivity index (χ4v) is 2.01. The van der Waals surface area contributed by atoms with E-state index in [9.17, 15) is 9.18 Å². The zero-order valence-electron chi connectivity index (χ0n) is 12.3. The highest BCUT2D eigenvalue weighted by Gasteiger charge is 2.09. The van der Waals surface area contributed by atoms with Crippen molar-refractivity contribution >= 4 is 11.9 Å². The Hall–Kier alpha value is -2.93. The van der Waals surface area contributed by atoms with Crippen LogP contribution in [0, 0.1) is 24.1 Å². The maximum atomic E-state index is 13.2. The highest BCUT2D eigenvalue weighted by molar-refractivity contribution is 6.08. The van der Waals surface area contributed by atoms with E-state index >= 15 is 0 Å². The molecular weight excluding hydrogens is 281 g/mol. The van der Waals surface area contributed by atoms with Crippen molar-refractivity contribution in [1.29, 1.82) is 5.26 Å². The van der Waals surface area contributed by atoms with Gasteiger partial charge < -0.3 is 4.74 Å². The lowest BCUT2D eigenvalue weighted by atomic mass is 10.0. The number of allylic oxidation sites excluding steroid dienone is 1. The number of nitriles is 1. The number of ketones is 1. The Morgan fingerprint density at radius 3 is 2.73 bits per heavy atom. The van der Waals surface area contributed by atoms with Gasteiger partial charge in [-0.05, 0) is 42.8 Å². The monoisotopic (exact) mass is 295 g/mol. The lowest BCUT2D eigenvalue weighted by Crippen LogP contribution is -1.99. The Bertz CT molecular complexity index is 788. The van der Waals surface area contributed by atoms with Crippen LogP contribution in [0.3, 0.4) is 0 Å². The summed E-state index contributed by atoms with van der Waals surface area (Å²) in [4.78, 5) is 12.3. The average Bonchev–Trinajstić information content (AvgIpc) is 2.53. The molecule has 0 atom stereocenters. The minimum absolute atomic E-state index is 0.0530. The summed E-state index contributed by atoms with van der Waals surface area (Å²) in [6, 6.07) is 11.2. The number of carbonyl (C=O) groups excluding carboxylic acids is 1. The summed E-state index contributed by atoms with van der Waals surface area (Å²) in [5.41, 5.74) is 1.94. The van der Waals surface area contributed by atoms with Gasteiger partial charge in [0.15, 0.2) is 5.78 Å². The fourth-order valence-electron chi connectivity index (χ4n) is 2.01. The Labute approximate surface area is 128 Å². The third-order valence-electron chi connectivity index (χ3n) is 3.16. The highest BCUT2D eigenvalue weighted by atomic mass is 19.1. The predicted molar refractivity (Wildman–Crippen MR) is 82.2 cm³/mol. The van der Waals surface area contributed by atoms with Gasteiger partial charge in [0.1, 0.15) is 17.6 Å². The van der Waals surface area contributed by atoms with E-state index in [0.29, 0.717) is 16.9 Å². The van der Waals surface area contributed by atoms with E-state index in [0.717, 1.165) is 5.56 Å². The molecule has 3 nitrogen and oxygen atoms in total. The van der Waals surface area contributed by atoms with Gasteiger partial charge in [0.2, 0.25) is 0 Å². The van der Waals surface area contributed by atoms with Crippen LogP contribution >= 0.6 is 0 Å². The van der Waals surface area contributed by atoms with Crippen molar-refractivity contribution in [3.8, 4) is 11.8 Å². The average molecular weight is 295 g/mol. The normalized spacial score (nSPS) is 10.5. The van der Waals surface area contributed by atoms with E-state index in [1.807, 2.05) is 13.0 Å². The van der Waals surface area contributed by atoms with Gasteiger partial charge in [0.05, 0.1) is 18.2 Å². The molecule has 0 aliphatic carbocycles. The molecule has 0 bridgehead atoms. The van der Waals surface area contributed by atoms with Crippen LogP contribution in [-0.4, -0.2) is 12.9 Å². The molecule has 0 aliphatic rings. The fraction of sp³-hybridized carbons (Fsp3) is 0.111. The van der Waals surface area contributed by atoms with Gasteiger partial charge in [-0.15, -0.1) is 0 Å². The van der Waals surface area contributed by atoms with E-state index in [1.54, 1.807) is 24.3 Å².